The summed E-state index contributed by atoms with van der Waals surface area (Å²) >= 11 is 1.70. The highest BCUT2D eigenvalue weighted by atomic mass is 32.1. The van der Waals surface area contributed by atoms with Gasteiger partial charge in [0.1, 0.15) is 0 Å². The highest BCUT2D eigenvalue weighted by Crippen LogP contribution is 2.22. The fourth-order valence-electron chi connectivity index (χ4n) is 2.84. The molecule has 0 spiro atoms. The zero-order chi connectivity index (χ0) is 15.8. The number of carbonyl (C=O) groups excluding carboxylic acids is 1. The number of thiophene rings is 1. The van der Waals surface area contributed by atoms with Crippen molar-refractivity contribution in [3.8, 4) is 0 Å². The van der Waals surface area contributed by atoms with Crippen LogP contribution in [-0.2, 0) is 9.53 Å². The van der Waals surface area contributed by atoms with E-state index in [4.69, 9.17) is 4.74 Å². The molecule has 2 heterocycles. The normalized spacial score (nSPS) is 20.0. The Labute approximate surface area is 137 Å². The van der Waals surface area contributed by atoms with Crippen LogP contribution in [0.4, 0.5) is 0 Å². The molecule has 6 heteroatoms. The molecule has 124 valence electrons. The molecular formula is C16H27N3O2S. The predicted molar refractivity (Wildman–Crippen MR) is 90.2 cm³/mol. The second-order valence-electron chi connectivity index (χ2n) is 5.53. The zero-order valence-electron chi connectivity index (χ0n) is 13.5. The Morgan fingerprint density at radius 3 is 2.95 bits per heavy atom. The monoisotopic (exact) mass is 325 g/mol. The summed E-state index contributed by atoms with van der Waals surface area (Å²) < 4.78 is 5.39. The zero-order valence-corrected chi connectivity index (χ0v) is 14.3. The van der Waals surface area contributed by atoms with Gasteiger partial charge in [0.05, 0.1) is 19.3 Å². The first-order valence-corrected chi connectivity index (χ1v) is 9.02. The molecule has 0 saturated carbocycles. The number of hydrogen-bond donors (Lipinski definition) is 2. The summed E-state index contributed by atoms with van der Waals surface area (Å²) in [5.41, 5.74) is 1.29. The van der Waals surface area contributed by atoms with E-state index in [1.165, 1.54) is 5.56 Å². The molecule has 0 bridgehead atoms. The van der Waals surface area contributed by atoms with Crippen molar-refractivity contribution in [2.24, 2.45) is 0 Å². The van der Waals surface area contributed by atoms with Gasteiger partial charge in [-0.2, -0.15) is 11.3 Å². The minimum atomic E-state index is 0.0929. The summed E-state index contributed by atoms with van der Waals surface area (Å²) in [5.74, 6) is 0.0929. The van der Waals surface area contributed by atoms with Gasteiger partial charge >= 0.3 is 0 Å². The Balaban J connectivity index is 1.86. The lowest BCUT2D eigenvalue weighted by Crippen LogP contribution is -2.45. The lowest BCUT2D eigenvalue weighted by atomic mass is 10.1. The quantitative estimate of drug-likeness (QED) is 0.763. The van der Waals surface area contributed by atoms with Crippen LogP contribution in [0, 0.1) is 0 Å². The second kappa shape index (κ2) is 9.25. The molecule has 2 unspecified atom stereocenters. The number of morpholine rings is 1. The number of amides is 1. The van der Waals surface area contributed by atoms with Crippen LogP contribution in [0.15, 0.2) is 16.8 Å². The molecule has 0 radical (unpaired) electrons. The van der Waals surface area contributed by atoms with E-state index in [9.17, 15) is 4.79 Å². The van der Waals surface area contributed by atoms with E-state index in [1.807, 2.05) is 0 Å². The maximum absolute atomic E-state index is 12.2. The van der Waals surface area contributed by atoms with E-state index >= 15 is 0 Å². The van der Waals surface area contributed by atoms with E-state index in [1.54, 1.807) is 11.3 Å². The lowest BCUT2D eigenvalue weighted by Gasteiger charge is -2.30. The molecule has 1 aliphatic rings. The third-order valence-electron chi connectivity index (χ3n) is 4.10. The van der Waals surface area contributed by atoms with Gasteiger partial charge in [-0.1, -0.05) is 13.8 Å². The average molecular weight is 325 g/mol. The molecule has 2 N–H and O–H groups in total. The highest BCUT2D eigenvalue weighted by molar-refractivity contribution is 7.07. The van der Waals surface area contributed by atoms with Gasteiger partial charge in [0.2, 0.25) is 5.91 Å². The largest absolute Gasteiger partial charge is 0.378 e. The van der Waals surface area contributed by atoms with Crippen molar-refractivity contribution in [3.05, 3.63) is 22.4 Å². The summed E-state index contributed by atoms with van der Waals surface area (Å²) in [6, 6.07) is 2.54. The molecule has 1 saturated heterocycles. The second-order valence-corrected chi connectivity index (χ2v) is 6.31. The first kappa shape index (κ1) is 17.4. The van der Waals surface area contributed by atoms with Crippen molar-refractivity contribution in [1.82, 2.24) is 15.5 Å². The van der Waals surface area contributed by atoms with Crippen LogP contribution in [0.3, 0.4) is 0 Å². The van der Waals surface area contributed by atoms with Crippen LogP contribution < -0.4 is 10.6 Å². The molecule has 1 aliphatic heterocycles. The summed E-state index contributed by atoms with van der Waals surface area (Å²) in [7, 11) is 0. The van der Waals surface area contributed by atoms with Crippen LogP contribution in [-0.4, -0.2) is 56.2 Å². The number of ether oxygens (including phenoxy) is 1. The van der Waals surface area contributed by atoms with Crippen molar-refractivity contribution >= 4 is 17.2 Å². The molecule has 1 amide bonds. The Morgan fingerprint density at radius 1 is 1.55 bits per heavy atom. The highest BCUT2D eigenvalue weighted by Gasteiger charge is 2.21. The fourth-order valence-corrected chi connectivity index (χ4v) is 3.55. The summed E-state index contributed by atoms with van der Waals surface area (Å²) in [5, 5.41) is 10.7. The van der Waals surface area contributed by atoms with E-state index in [0.29, 0.717) is 19.6 Å². The first-order valence-electron chi connectivity index (χ1n) is 8.08. The van der Waals surface area contributed by atoms with Gasteiger partial charge in [-0.15, -0.1) is 0 Å². The van der Waals surface area contributed by atoms with E-state index in [0.717, 1.165) is 26.2 Å². The standard InChI is InChI=1S/C16H27N3O2S/c1-3-19(4-2)15(13-5-8-22-12-13)10-18-16(20)9-14-11-21-7-6-17-14/h5,8,12,14-15,17H,3-4,6-7,9-11H2,1-2H3,(H,18,20). The molecule has 5 nitrogen and oxygen atoms in total. The fraction of sp³-hybridized carbons (Fsp3) is 0.688. The van der Waals surface area contributed by atoms with Crippen LogP contribution in [0.2, 0.25) is 0 Å². The molecule has 0 aliphatic carbocycles. The van der Waals surface area contributed by atoms with Gasteiger partial charge in [0.25, 0.3) is 0 Å². The molecule has 1 aromatic rings. The maximum atomic E-state index is 12.2. The smallest absolute Gasteiger partial charge is 0.221 e. The molecule has 22 heavy (non-hydrogen) atoms. The Kier molecular flexibility index (Phi) is 7.32. The molecular weight excluding hydrogens is 298 g/mol. The van der Waals surface area contributed by atoms with Crippen LogP contribution in [0.5, 0.6) is 0 Å². The Hall–Kier alpha value is -0.950. The van der Waals surface area contributed by atoms with Crippen LogP contribution in [0.1, 0.15) is 31.9 Å². The number of carbonyl (C=O) groups is 1. The van der Waals surface area contributed by atoms with Crippen molar-refractivity contribution < 1.29 is 9.53 Å². The lowest BCUT2D eigenvalue weighted by molar-refractivity contribution is -0.122. The summed E-state index contributed by atoms with van der Waals surface area (Å²) in [4.78, 5) is 14.5. The summed E-state index contributed by atoms with van der Waals surface area (Å²) in [6.45, 7) is 9.12. The van der Waals surface area contributed by atoms with Gasteiger partial charge in [-0.05, 0) is 35.5 Å². The van der Waals surface area contributed by atoms with E-state index < -0.39 is 0 Å². The third kappa shape index (κ3) is 5.05. The maximum Gasteiger partial charge on any atom is 0.221 e. The number of nitrogens with one attached hydrogen (secondary N) is 2. The molecule has 1 fully saturated rings. The van der Waals surface area contributed by atoms with Gasteiger partial charge in [-0.25, -0.2) is 0 Å². The predicted octanol–water partition coefficient (Wildman–Crippen LogP) is 1.63. The molecule has 2 atom stereocenters. The minimum Gasteiger partial charge on any atom is -0.378 e. The number of likely N-dealkylation sites (N-methyl/N-ethyl adjacent to an activating group) is 1. The molecule has 2 rings (SSSR count). The topological polar surface area (TPSA) is 53.6 Å². The van der Waals surface area contributed by atoms with Gasteiger partial charge < -0.3 is 15.4 Å². The van der Waals surface area contributed by atoms with E-state index in [-0.39, 0.29) is 18.0 Å². The SMILES string of the molecule is CCN(CC)C(CNC(=O)CC1COCCN1)c1ccsc1. The first-order chi connectivity index (χ1) is 10.7. The Morgan fingerprint density at radius 2 is 2.36 bits per heavy atom. The average Bonchev–Trinajstić information content (AvgIpc) is 3.06. The molecule has 0 aromatic carbocycles. The molecule has 1 aromatic heterocycles. The van der Waals surface area contributed by atoms with Crippen LogP contribution in [0.25, 0.3) is 0 Å². The van der Waals surface area contributed by atoms with Crippen LogP contribution >= 0.6 is 11.3 Å². The van der Waals surface area contributed by atoms with Crippen molar-refractivity contribution in [2.45, 2.75) is 32.4 Å². The number of rotatable bonds is 8. The number of hydrogen-bond acceptors (Lipinski definition) is 5. The van der Waals surface area contributed by atoms with E-state index in [2.05, 4.69) is 46.2 Å². The van der Waals surface area contributed by atoms with Gasteiger partial charge in [-0.3, -0.25) is 9.69 Å². The van der Waals surface area contributed by atoms with Crippen molar-refractivity contribution in [3.63, 3.8) is 0 Å². The van der Waals surface area contributed by atoms with Gasteiger partial charge in [0.15, 0.2) is 0 Å². The summed E-state index contributed by atoms with van der Waals surface area (Å²) in [6.07, 6.45) is 0.481. The number of nitrogens with zero attached hydrogens (tertiary/aromatic N) is 1. The van der Waals surface area contributed by atoms with Crippen molar-refractivity contribution in [2.75, 3.05) is 39.4 Å². The van der Waals surface area contributed by atoms with Crippen molar-refractivity contribution in [1.29, 1.82) is 0 Å². The third-order valence-corrected chi connectivity index (χ3v) is 4.81. The van der Waals surface area contributed by atoms with Gasteiger partial charge in [0, 0.05) is 25.6 Å². The Bertz CT molecular complexity index is 429. The minimum absolute atomic E-state index is 0.0929.